The van der Waals surface area contributed by atoms with Gasteiger partial charge < -0.3 is 5.73 Å². The molecule has 2 rings (SSSR count). The Kier molecular flexibility index (Phi) is 3.32. The lowest BCUT2D eigenvalue weighted by atomic mass is 9.89. The maximum Gasteiger partial charge on any atom is 0.224 e. The van der Waals surface area contributed by atoms with E-state index >= 15 is 0 Å². The fraction of sp³-hybridized carbons (Fsp3) is 0.600. The van der Waals surface area contributed by atoms with Crippen molar-refractivity contribution in [1.82, 2.24) is 9.88 Å². The lowest BCUT2D eigenvalue weighted by molar-refractivity contribution is -0.126. The van der Waals surface area contributed by atoms with Crippen molar-refractivity contribution in [2.24, 2.45) is 17.0 Å². The van der Waals surface area contributed by atoms with E-state index in [1.54, 1.807) is 6.20 Å². The predicted octanol–water partition coefficient (Wildman–Crippen LogP) is 0.126. The number of hydrogen-bond donors (Lipinski definition) is 3. The van der Waals surface area contributed by atoms with Crippen LogP contribution >= 0.6 is 11.3 Å². The Balaban J connectivity index is 1.96. The molecule has 0 aromatic carbocycles. The monoisotopic (exact) mass is 255 g/mol. The van der Waals surface area contributed by atoms with Gasteiger partial charge in [-0.25, -0.2) is 10.8 Å². The first-order chi connectivity index (χ1) is 8.03. The van der Waals surface area contributed by atoms with Gasteiger partial charge in [-0.2, -0.15) is 0 Å². The third kappa shape index (κ3) is 2.56. The summed E-state index contributed by atoms with van der Waals surface area (Å²) >= 11 is 1.52. The van der Waals surface area contributed by atoms with Gasteiger partial charge >= 0.3 is 0 Å². The first-order valence-corrected chi connectivity index (χ1v) is 6.29. The normalized spacial score (nSPS) is 25.1. The molecular formula is C10H17N5OS. The Morgan fingerprint density at radius 2 is 2.53 bits per heavy atom. The molecule has 17 heavy (non-hydrogen) atoms. The molecule has 1 fully saturated rings. The number of primary amides is 1. The highest BCUT2D eigenvalue weighted by Gasteiger charge is 2.38. The van der Waals surface area contributed by atoms with Gasteiger partial charge in [0, 0.05) is 24.2 Å². The highest BCUT2D eigenvalue weighted by Crippen LogP contribution is 2.31. The summed E-state index contributed by atoms with van der Waals surface area (Å²) in [6.45, 7) is 4.32. The largest absolute Gasteiger partial charge is 0.369 e. The minimum Gasteiger partial charge on any atom is -0.369 e. The van der Waals surface area contributed by atoms with E-state index in [9.17, 15) is 4.79 Å². The van der Waals surface area contributed by atoms with Crippen molar-refractivity contribution >= 4 is 22.4 Å². The fourth-order valence-electron chi connectivity index (χ4n) is 2.06. The second kappa shape index (κ2) is 4.59. The Bertz CT molecular complexity index is 421. The van der Waals surface area contributed by atoms with Crippen LogP contribution in [0, 0.1) is 5.41 Å². The standard InChI is InChI=1S/C10H17N5OS/c1-10(8(11)16)2-3-15(6-10)5-7-4-13-9(14-12)17-7/h4H,2-3,5-6,12H2,1H3,(H2,11,16)(H,13,14). The quantitative estimate of drug-likeness (QED) is 0.524. The van der Waals surface area contributed by atoms with Crippen LogP contribution in [0.1, 0.15) is 18.2 Å². The first kappa shape index (κ1) is 12.3. The summed E-state index contributed by atoms with van der Waals surface area (Å²) < 4.78 is 0. The van der Waals surface area contributed by atoms with Gasteiger partial charge in [0.1, 0.15) is 0 Å². The average molecular weight is 255 g/mol. The molecule has 7 heteroatoms. The number of hydrogen-bond acceptors (Lipinski definition) is 6. The molecule has 1 unspecified atom stereocenters. The number of carbonyl (C=O) groups excluding carboxylic acids is 1. The molecule has 1 amide bonds. The van der Waals surface area contributed by atoms with Crippen LogP contribution in [0.4, 0.5) is 5.13 Å². The number of nitrogens with zero attached hydrogens (tertiary/aromatic N) is 2. The number of carbonyl (C=O) groups is 1. The third-order valence-electron chi connectivity index (χ3n) is 3.20. The smallest absolute Gasteiger partial charge is 0.224 e. The molecule has 0 radical (unpaired) electrons. The van der Waals surface area contributed by atoms with Crippen LogP contribution < -0.4 is 17.0 Å². The molecule has 0 saturated carbocycles. The van der Waals surface area contributed by atoms with Crippen LogP contribution in [-0.2, 0) is 11.3 Å². The summed E-state index contributed by atoms with van der Waals surface area (Å²) in [4.78, 5) is 18.8. The highest BCUT2D eigenvalue weighted by molar-refractivity contribution is 7.15. The number of nitrogens with two attached hydrogens (primary N) is 2. The van der Waals surface area contributed by atoms with Crippen molar-refractivity contribution < 1.29 is 4.79 Å². The Morgan fingerprint density at radius 1 is 1.76 bits per heavy atom. The van der Waals surface area contributed by atoms with Crippen LogP contribution in [0.5, 0.6) is 0 Å². The van der Waals surface area contributed by atoms with Crippen LogP contribution in [0.3, 0.4) is 0 Å². The van der Waals surface area contributed by atoms with Crippen LogP contribution in [0.25, 0.3) is 0 Å². The van der Waals surface area contributed by atoms with E-state index in [0.29, 0.717) is 11.7 Å². The van der Waals surface area contributed by atoms with E-state index in [1.165, 1.54) is 11.3 Å². The maximum absolute atomic E-state index is 11.3. The topological polar surface area (TPSA) is 97.3 Å². The predicted molar refractivity (Wildman–Crippen MR) is 67.1 cm³/mol. The highest BCUT2D eigenvalue weighted by atomic mass is 32.1. The van der Waals surface area contributed by atoms with Crippen molar-refractivity contribution in [3.8, 4) is 0 Å². The summed E-state index contributed by atoms with van der Waals surface area (Å²) in [6.07, 6.45) is 2.63. The number of anilines is 1. The summed E-state index contributed by atoms with van der Waals surface area (Å²) in [5.41, 5.74) is 7.54. The SMILES string of the molecule is CC1(C(N)=O)CCN(Cc2cnc(NN)s2)C1. The number of nitrogens with one attached hydrogen (secondary N) is 1. The van der Waals surface area contributed by atoms with Gasteiger partial charge in [0.25, 0.3) is 0 Å². The van der Waals surface area contributed by atoms with Gasteiger partial charge in [-0.15, -0.1) is 0 Å². The second-order valence-corrected chi connectivity index (χ2v) is 5.78. The average Bonchev–Trinajstić information content (AvgIpc) is 2.87. The van der Waals surface area contributed by atoms with Gasteiger partial charge in [-0.1, -0.05) is 11.3 Å². The maximum atomic E-state index is 11.3. The lowest BCUT2D eigenvalue weighted by Crippen LogP contribution is -2.36. The molecule has 2 heterocycles. The van der Waals surface area contributed by atoms with Crippen molar-refractivity contribution in [1.29, 1.82) is 0 Å². The van der Waals surface area contributed by atoms with E-state index in [0.717, 1.165) is 24.4 Å². The van der Waals surface area contributed by atoms with Gasteiger partial charge in [-0.05, 0) is 19.9 Å². The molecule has 94 valence electrons. The van der Waals surface area contributed by atoms with Gasteiger partial charge in [-0.3, -0.25) is 15.1 Å². The minimum atomic E-state index is -0.389. The van der Waals surface area contributed by atoms with Crippen LogP contribution in [-0.4, -0.2) is 28.9 Å². The van der Waals surface area contributed by atoms with Crippen molar-refractivity contribution in [2.75, 3.05) is 18.5 Å². The van der Waals surface area contributed by atoms with Crippen molar-refractivity contribution in [3.63, 3.8) is 0 Å². The first-order valence-electron chi connectivity index (χ1n) is 5.47. The zero-order chi connectivity index (χ0) is 12.5. The van der Waals surface area contributed by atoms with Crippen LogP contribution in [0.15, 0.2) is 6.20 Å². The molecule has 1 aromatic heterocycles. The van der Waals surface area contributed by atoms with E-state index in [-0.39, 0.29) is 11.3 Å². The van der Waals surface area contributed by atoms with E-state index in [4.69, 9.17) is 11.6 Å². The molecule has 1 atom stereocenters. The molecule has 1 aliphatic heterocycles. The molecule has 0 spiro atoms. The van der Waals surface area contributed by atoms with E-state index in [1.807, 2.05) is 6.92 Å². The number of likely N-dealkylation sites (tertiary alicyclic amines) is 1. The summed E-state index contributed by atoms with van der Waals surface area (Å²) in [5.74, 6) is 5.06. The van der Waals surface area contributed by atoms with Crippen molar-refractivity contribution in [2.45, 2.75) is 19.9 Å². The van der Waals surface area contributed by atoms with Crippen LogP contribution in [0.2, 0.25) is 0 Å². The summed E-state index contributed by atoms with van der Waals surface area (Å²) in [6, 6.07) is 0. The Morgan fingerprint density at radius 3 is 3.06 bits per heavy atom. The third-order valence-corrected chi connectivity index (χ3v) is 4.12. The lowest BCUT2D eigenvalue weighted by Gasteiger charge is -2.20. The number of thiazole rings is 1. The zero-order valence-electron chi connectivity index (χ0n) is 9.77. The van der Waals surface area contributed by atoms with Gasteiger partial charge in [0.15, 0.2) is 5.13 Å². The van der Waals surface area contributed by atoms with Gasteiger partial charge in [0.2, 0.25) is 5.91 Å². The molecule has 1 saturated heterocycles. The molecular weight excluding hydrogens is 238 g/mol. The fourth-order valence-corrected chi connectivity index (χ4v) is 2.83. The molecule has 6 nitrogen and oxygen atoms in total. The Labute approximate surface area is 104 Å². The second-order valence-electron chi connectivity index (χ2n) is 4.66. The summed E-state index contributed by atoms with van der Waals surface area (Å²) in [7, 11) is 0. The number of amides is 1. The number of rotatable bonds is 4. The van der Waals surface area contributed by atoms with Gasteiger partial charge in [0.05, 0.1) is 5.41 Å². The zero-order valence-corrected chi connectivity index (χ0v) is 10.6. The molecule has 1 aliphatic rings. The molecule has 0 aliphatic carbocycles. The summed E-state index contributed by atoms with van der Waals surface area (Å²) in [5, 5.41) is 0.705. The Hall–Kier alpha value is -1.18. The number of aromatic nitrogens is 1. The molecule has 5 N–H and O–H groups in total. The number of hydrazine groups is 1. The van der Waals surface area contributed by atoms with Crippen molar-refractivity contribution in [3.05, 3.63) is 11.1 Å². The van der Waals surface area contributed by atoms with E-state index in [2.05, 4.69) is 15.3 Å². The van der Waals surface area contributed by atoms with E-state index < -0.39 is 0 Å². The molecule has 0 bridgehead atoms. The number of nitrogen functional groups attached to an aromatic ring is 1. The minimum absolute atomic E-state index is 0.214. The molecule has 1 aromatic rings.